The molecule has 0 aliphatic carbocycles. The molecule has 1 fully saturated rings. The Morgan fingerprint density at radius 3 is 2.45 bits per heavy atom. The molecule has 0 aromatic carbocycles. The van der Waals surface area contributed by atoms with Gasteiger partial charge in [-0.2, -0.15) is 0 Å². The van der Waals surface area contributed by atoms with Crippen molar-refractivity contribution in [2.75, 3.05) is 13.6 Å². The van der Waals surface area contributed by atoms with Crippen molar-refractivity contribution in [3.63, 3.8) is 0 Å². The van der Waals surface area contributed by atoms with Crippen molar-refractivity contribution in [2.24, 2.45) is 0 Å². The van der Waals surface area contributed by atoms with E-state index in [9.17, 15) is 9.59 Å². The lowest BCUT2D eigenvalue weighted by molar-refractivity contribution is -0.125. The van der Waals surface area contributed by atoms with Gasteiger partial charge in [0, 0.05) is 7.05 Å². The van der Waals surface area contributed by atoms with Gasteiger partial charge in [0.1, 0.15) is 0 Å². The van der Waals surface area contributed by atoms with E-state index in [4.69, 9.17) is 0 Å². The van der Waals surface area contributed by atoms with Gasteiger partial charge in [0.25, 0.3) is 0 Å². The Balaban J connectivity index is 2.79. The molecule has 0 atom stereocenters. The summed E-state index contributed by atoms with van der Waals surface area (Å²) in [7, 11) is 1.60. The molecule has 62 valence electrons. The van der Waals surface area contributed by atoms with Gasteiger partial charge in [0.05, 0.1) is 12.1 Å². The molecule has 4 heteroatoms. The fourth-order valence-electron chi connectivity index (χ4n) is 0.917. The Kier molecular flexibility index (Phi) is 1.62. The molecule has 1 N–H and O–H groups in total. The average Bonchev–Trinajstić information content (AvgIpc) is 1.83. The molecule has 0 saturated carbocycles. The minimum atomic E-state index is -0.691. The highest BCUT2D eigenvalue weighted by molar-refractivity contribution is 5.98. The van der Waals surface area contributed by atoms with Gasteiger partial charge in [-0.3, -0.25) is 4.79 Å². The second kappa shape index (κ2) is 2.22. The monoisotopic (exact) mass is 156 g/mol. The Morgan fingerprint density at radius 1 is 1.45 bits per heavy atom. The normalized spacial score (nSPS) is 23.4. The van der Waals surface area contributed by atoms with Crippen LogP contribution < -0.4 is 5.32 Å². The highest BCUT2D eigenvalue weighted by Gasteiger charge is 2.35. The van der Waals surface area contributed by atoms with Crippen LogP contribution in [0.2, 0.25) is 0 Å². The third kappa shape index (κ3) is 1.34. The van der Waals surface area contributed by atoms with Crippen molar-refractivity contribution >= 4 is 11.8 Å². The van der Waals surface area contributed by atoms with E-state index in [1.807, 2.05) is 0 Å². The lowest BCUT2D eigenvalue weighted by atomic mass is 9.97. The van der Waals surface area contributed by atoms with Crippen molar-refractivity contribution in [1.29, 1.82) is 0 Å². The summed E-state index contributed by atoms with van der Waals surface area (Å²) in [6.45, 7) is 3.62. The fourth-order valence-corrected chi connectivity index (χ4v) is 0.917. The molecule has 0 aromatic heterocycles. The van der Waals surface area contributed by atoms with E-state index in [1.165, 1.54) is 4.90 Å². The van der Waals surface area contributed by atoms with Crippen LogP contribution in [-0.4, -0.2) is 35.8 Å². The molecule has 1 rings (SSSR count). The summed E-state index contributed by atoms with van der Waals surface area (Å²) >= 11 is 0. The molecule has 1 heterocycles. The van der Waals surface area contributed by atoms with Gasteiger partial charge in [-0.15, -0.1) is 0 Å². The highest BCUT2D eigenvalue weighted by atomic mass is 16.2. The maximum absolute atomic E-state index is 11.2. The average molecular weight is 156 g/mol. The minimum absolute atomic E-state index is 0.0413. The first-order chi connectivity index (χ1) is 4.93. The predicted molar refractivity (Wildman–Crippen MR) is 40.2 cm³/mol. The number of carbonyl (C=O) groups is 2. The Bertz CT molecular complexity index is 210. The Morgan fingerprint density at radius 2 is 2.00 bits per heavy atom. The molecule has 0 spiro atoms. The maximum atomic E-state index is 11.2. The van der Waals surface area contributed by atoms with E-state index in [2.05, 4.69) is 5.32 Å². The second-order valence-electron chi connectivity index (χ2n) is 3.33. The number of rotatable bonds is 0. The Labute approximate surface area is 65.6 Å². The fraction of sp³-hybridized carbons (Fsp3) is 0.714. The highest BCUT2D eigenvalue weighted by Crippen LogP contribution is 2.10. The number of amides is 2. The van der Waals surface area contributed by atoms with Crippen LogP contribution >= 0.6 is 0 Å². The molecule has 1 saturated heterocycles. The molecule has 2 amide bonds. The van der Waals surface area contributed by atoms with Crippen LogP contribution in [0.25, 0.3) is 0 Å². The number of hydrogen-bond donors (Lipinski definition) is 1. The number of hydrogen-bond acceptors (Lipinski definition) is 2. The number of Topliss-reactive ketones (excluding diaryl/α,β-unsaturated/α-hetero) is 1. The van der Waals surface area contributed by atoms with Gasteiger partial charge in [-0.1, -0.05) is 0 Å². The number of nitrogens with one attached hydrogen (secondary N) is 1. The van der Waals surface area contributed by atoms with E-state index in [-0.39, 0.29) is 18.4 Å². The minimum Gasteiger partial charge on any atom is -0.326 e. The summed E-state index contributed by atoms with van der Waals surface area (Å²) < 4.78 is 0. The molecule has 4 nitrogen and oxygen atoms in total. The summed E-state index contributed by atoms with van der Waals surface area (Å²) in [6, 6.07) is -0.186. The van der Waals surface area contributed by atoms with E-state index in [1.54, 1.807) is 20.9 Å². The summed E-state index contributed by atoms with van der Waals surface area (Å²) in [5, 5.41) is 2.59. The van der Waals surface area contributed by atoms with Crippen LogP contribution in [0.4, 0.5) is 4.79 Å². The van der Waals surface area contributed by atoms with E-state index >= 15 is 0 Å². The summed E-state index contributed by atoms with van der Waals surface area (Å²) in [5.41, 5.74) is -0.691. The van der Waals surface area contributed by atoms with Crippen molar-refractivity contribution in [3.05, 3.63) is 0 Å². The van der Waals surface area contributed by atoms with E-state index in [0.29, 0.717) is 0 Å². The summed E-state index contributed by atoms with van der Waals surface area (Å²) in [5.74, 6) is 0.0413. The van der Waals surface area contributed by atoms with E-state index < -0.39 is 5.54 Å². The predicted octanol–water partition coefficient (Wildman–Crippen LogP) is -0.0109. The van der Waals surface area contributed by atoms with Crippen molar-refractivity contribution in [3.8, 4) is 0 Å². The first-order valence-corrected chi connectivity index (χ1v) is 3.50. The van der Waals surface area contributed by atoms with Crippen LogP contribution in [0, 0.1) is 0 Å². The maximum Gasteiger partial charge on any atom is 0.318 e. The lowest BCUT2D eigenvalue weighted by Crippen LogP contribution is -2.61. The number of carbonyl (C=O) groups excluding carboxylic acids is 2. The number of urea groups is 1. The van der Waals surface area contributed by atoms with Gasteiger partial charge >= 0.3 is 6.03 Å². The van der Waals surface area contributed by atoms with Crippen LogP contribution in [-0.2, 0) is 4.79 Å². The molecule has 0 unspecified atom stereocenters. The third-order valence-corrected chi connectivity index (χ3v) is 1.84. The van der Waals surface area contributed by atoms with Crippen molar-refractivity contribution in [1.82, 2.24) is 10.2 Å². The number of ketones is 1. The zero-order chi connectivity index (χ0) is 8.65. The smallest absolute Gasteiger partial charge is 0.318 e. The zero-order valence-electron chi connectivity index (χ0n) is 6.97. The second-order valence-corrected chi connectivity index (χ2v) is 3.33. The van der Waals surface area contributed by atoms with Crippen LogP contribution in [0.15, 0.2) is 0 Å². The molecule has 0 radical (unpaired) electrons. The van der Waals surface area contributed by atoms with Gasteiger partial charge in [0.2, 0.25) is 0 Å². The van der Waals surface area contributed by atoms with Crippen LogP contribution in [0.1, 0.15) is 13.8 Å². The third-order valence-electron chi connectivity index (χ3n) is 1.84. The van der Waals surface area contributed by atoms with Gasteiger partial charge in [-0.25, -0.2) is 4.79 Å². The molecule has 0 aromatic rings. The van der Waals surface area contributed by atoms with Gasteiger partial charge in [0.15, 0.2) is 5.78 Å². The SMILES string of the molecule is CN1CC(=O)C(C)(C)NC1=O. The summed E-state index contributed by atoms with van der Waals surface area (Å²) in [4.78, 5) is 23.6. The standard InChI is InChI=1S/C7H12N2O2/c1-7(2)5(10)4-9(3)6(11)8-7/h4H2,1-3H3,(H,8,11). The zero-order valence-corrected chi connectivity index (χ0v) is 6.97. The number of likely N-dealkylation sites (N-methyl/N-ethyl adjacent to an activating group) is 1. The van der Waals surface area contributed by atoms with Crippen molar-refractivity contribution < 1.29 is 9.59 Å². The molecule has 0 bridgehead atoms. The van der Waals surface area contributed by atoms with Crippen LogP contribution in [0.5, 0.6) is 0 Å². The molecule has 1 aliphatic rings. The summed E-state index contributed by atoms with van der Waals surface area (Å²) in [6.07, 6.45) is 0. The first kappa shape index (κ1) is 8.04. The largest absolute Gasteiger partial charge is 0.326 e. The molecular weight excluding hydrogens is 144 g/mol. The first-order valence-electron chi connectivity index (χ1n) is 3.50. The van der Waals surface area contributed by atoms with Crippen LogP contribution in [0.3, 0.4) is 0 Å². The topological polar surface area (TPSA) is 49.4 Å². The van der Waals surface area contributed by atoms with Gasteiger partial charge in [-0.05, 0) is 13.8 Å². The molecule has 1 aliphatic heterocycles. The quantitative estimate of drug-likeness (QED) is 0.536. The van der Waals surface area contributed by atoms with Crippen molar-refractivity contribution in [2.45, 2.75) is 19.4 Å². The lowest BCUT2D eigenvalue weighted by Gasteiger charge is -2.34. The van der Waals surface area contributed by atoms with Gasteiger partial charge < -0.3 is 10.2 Å². The number of nitrogens with zero attached hydrogens (tertiary/aromatic N) is 1. The van der Waals surface area contributed by atoms with E-state index in [0.717, 1.165) is 0 Å². The Hall–Kier alpha value is -1.06. The molecule has 11 heavy (non-hydrogen) atoms. The molecular formula is C7H12N2O2.